The average Bonchev–Trinajstić information content (AvgIpc) is 2.72. The molecule has 4 rings (SSSR count). The highest BCUT2D eigenvalue weighted by Gasteiger charge is 2.17. The van der Waals surface area contributed by atoms with Gasteiger partial charge in [-0.3, -0.25) is 9.78 Å². The van der Waals surface area contributed by atoms with Crippen molar-refractivity contribution in [2.75, 3.05) is 0 Å². The molecule has 3 aromatic carbocycles. The van der Waals surface area contributed by atoms with Crippen molar-refractivity contribution in [3.05, 3.63) is 69.8 Å². The second-order valence-electron chi connectivity index (χ2n) is 7.30. The van der Waals surface area contributed by atoms with Gasteiger partial charge in [0.15, 0.2) is 0 Å². The van der Waals surface area contributed by atoms with Crippen LogP contribution in [-0.4, -0.2) is 11.0 Å². The van der Waals surface area contributed by atoms with Crippen LogP contribution in [0.5, 0.6) is 17.2 Å². The Morgan fingerprint density at radius 2 is 1.83 bits per heavy atom. The van der Waals surface area contributed by atoms with Gasteiger partial charge in [0.1, 0.15) is 17.2 Å². The summed E-state index contributed by atoms with van der Waals surface area (Å²) < 4.78 is 12.7. The largest absolute Gasteiger partial charge is 0.456 e. The predicted molar refractivity (Wildman–Crippen MR) is 124 cm³/mol. The molecule has 0 aliphatic heterocycles. The fraction of sp³-hybridized carbons (Fsp3) is 0.200. The van der Waals surface area contributed by atoms with Crippen molar-refractivity contribution in [2.24, 2.45) is 0 Å². The molecule has 5 heteroatoms. The molecule has 0 spiro atoms. The van der Waals surface area contributed by atoms with Crippen molar-refractivity contribution >= 4 is 43.6 Å². The summed E-state index contributed by atoms with van der Waals surface area (Å²) >= 11 is 3.68. The Morgan fingerprint density at radius 3 is 2.57 bits per heavy atom. The van der Waals surface area contributed by atoms with Crippen LogP contribution in [0, 0.1) is 13.8 Å². The average molecular weight is 464 g/mol. The van der Waals surface area contributed by atoms with E-state index in [0.29, 0.717) is 11.5 Å². The van der Waals surface area contributed by atoms with E-state index in [2.05, 4.69) is 28.1 Å². The van der Waals surface area contributed by atoms with E-state index in [-0.39, 0.29) is 5.97 Å². The van der Waals surface area contributed by atoms with Crippen molar-refractivity contribution in [3.63, 3.8) is 0 Å². The molecule has 0 amide bonds. The maximum atomic E-state index is 11.8. The summed E-state index contributed by atoms with van der Waals surface area (Å²) in [4.78, 5) is 16.6. The lowest BCUT2D eigenvalue weighted by Gasteiger charge is -2.16. The van der Waals surface area contributed by atoms with E-state index < -0.39 is 0 Å². The number of aromatic nitrogens is 1. The molecule has 0 N–H and O–H groups in total. The zero-order valence-corrected chi connectivity index (χ0v) is 19.0. The zero-order valence-electron chi connectivity index (χ0n) is 17.4. The van der Waals surface area contributed by atoms with Gasteiger partial charge in [0.25, 0.3) is 0 Å². The molecular formula is C25H22BrNO3. The fourth-order valence-corrected chi connectivity index (χ4v) is 4.29. The fourth-order valence-electron chi connectivity index (χ4n) is 3.72. The second kappa shape index (κ2) is 8.07. The SMILES string of the molecule is CCc1nc2c(C)cc(Oc3ccc4ccccc4c3Br)cc2c(OC(C)=O)c1C. The lowest BCUT2D eigenvalue weighted by molar-refractivity contribution is -0.131. The highest BCUT2D eigenvalue weighted by Crippen LogP contribution is 2.39. The summed E-state index contributed by atoms with van der Waals surface area (Å²) in [5.41, 5.74) is 3.58. The first-order valence-electron chi connectivity index (χ1n) is 9.86. The van der Waals surface area contributed by atoms with Crippen LogP contribution in [0.3, 0.4) is 0 Å². The minimum atomic E-state index is -0.353. The molecule has 0 unspecified atom stereocenters. The van der Waals surface area contributed by atoms with Gasteiger partial charge in [0.2, 0.25) is 0 Å². The molecular weight excluding hydrogens is 442 g/mol. The number of pyridine rings is 1. The minimum absolute atomic E-state index is 0.353. The number of fused-ring (bicyclic) bond motifs is 2. The number of carbonyl (C=O) groups excluding carboxylic acids is 1. The highest BCUT2D eigenvalue weighted by atomic mass is 79.9. The van der Waals surface area contributed by atoms with Crippen molar-refractivity contribution in [3.8, 4) is 17.2 Å². The number of hydrogen-bond acceptors (Lipinski definition) is 4. The van der Waals surface area contributed by atoms with Crippen LogP contribution in [0.25, 0.3) is 21.7 Å². The van der Waals surface area contributed by atoms with Crippen LogP contribution < -0.4 is 9.47 Å². The first-order valence-corrected chi connectivity index (χ1v) is 10.7. The molecule has 4 aromatic rings. The Kier molecular flexibility index (Phi) is 5.48. The summed E-state index contributed by atoms with van der Waals surface area (Å²) in [6.07, 6.45) is 0.762. The maximum Gasteiger partial charge on any atom is 0.308 e. The Balaban J connectivity index is 1.87. The molecule has 0 fully saturated rings. The Hall–Kier alpha value is -2.92. The van der Waals surface area contributed by atoms with E-state index in [1.807, 2.05) is 57.2 Å². The molecule has 0 bridgehead atoms. The number of ether oxygens (including phenoxy) is 2. The first-order chi connectivity index (χ1) is 14.4. The van der Waals surface area contributed by atoms with Gasteiger partial charge >= 0.3 is 5.97 Å². The van der Waals surface area contributed by atoms with Crippen molar-refractivity contribution < 1.29 is 14.3 Å². The van der Waals surface area contributed by atoms with Crippen molar-refractivity contribution in [2.45, 2.75) is 34.1 Å². The summed E-state index contributed by atoms with van der Waals surface area (Å²) in [5, 5.41) is 2.99. The molecule has 0 saturated heterocycles. The maximum absolute atomic E-state index is 11.8. The lowest BCUT2D eigenvalue weighted by Crippen LogP contribution is -2.07. The molecule has 0 atom stereocenters. The first kappa shape index (κ1) is 20.4. The van der Waals surface area contributed by atoms with Crippen LogP contribution in [-0.2, 0) is 11.2 Å². The van der Waals surface area contributed by atoms with E-state index in [9.17, 15) is 4.79 Å². The Labute approximate surface area is 184 Å². The molecule has 0 aliphatic rings. The van der Waals surface area contributed by atoms with Gasteiger partial charge in [-0.05, 0) is 70.7 Å². The highest BCUT2D eigenvalue weighted by molar-refractivity contribution is 9.10. The number of hydrogen-bond donors (Lipinski definition) is 0. The molecule has 0 radical (unpaired) electrons. The van der Waals surface area contributed by atoms with Crippen molar-refractivity contribution in [1.29, 1.82) is 0 Å². The molecule has 0 saturated carbocycles. The number of halogens is 1. The number of benzene rings is 3. The summed E-state index contributed by atoms with van der Waals surface area (Å²) in [5.74, 6) is 1.58. The molecule has 1 aromatic heterocycles. The second-order valence-corrected chi connectivity index (χ2v) is 8.09. The van der Waals surface area contributed by atoms with Crippen LogP contribution in [0.15, 0.2) is 53.0 Å². The smallest absolute Gasteiger partial charge is 0.308 e. The van der Waals surface area contributed by atoms with E-state index in [1.165, 1.54) is 6.92 Å². The van der Waals surface area contributed by atoms with Gasteiger partial charge in [0.05, 0.1) is 9.99 Å². The van der Waals surface area contributed by atoms with Crippen LogP contribution in [0.4, 0.5) is 0 Å². The van der Waals surface area contributed by atoms with Gasteiger partial charge < -0.3 is 9.47 Å². The quantitative estimate of drug-likeness (QED) is 0.304. The third kappa shape index (κ3) is 3.65. The van der Waals surface area contributed by atoms with Gasteiger partial charge in [-0.2, -0.15) is 0 Å². The van der Waals surface area contributed by atoms with Crippen LogP contribution in [0.2, 0.25) is 0 Å². The normalized spacial score (nSPS) is 11.1. The van der Waals surface area contributed by atoms with Gasteiger partial charge in [0, 0.05) is 23.6 Å². The number of carbonyl (C=O) groups is 1. The number of esters is 1. The van der Waals surface area contributed by atoms with Gasteiger partial charge in [-0.25, -0.2) is 0 Å². The third-order valence-corrected chi connectivity index (χ3v) is 5.99. The van der Waals surface area contributed by atoms with E-state index in [0.717, 1.165) is 55.1 Å². The molecule has 4 nitrogen and oxygen atoms in total. The summed E-state index contributed by atoms with van der Waals surface area (Å²) in [7, 11) is 0. The summed E-state index contributed by atoms with van der Waals surface area (Å²) in [6.45, 7) is 7.38. The number of aryl methyl sites for hydroxylation is 2. The monoisotopic (exact) mass is 463 g/mol. The van der Waals surface area contributed by atoms with E-state index in [1.54, 1.807) is 0 Å². The van der Waals surface area contributed by atoms with Gasteiger partial charge in [-0.15, -0.1) is 0 Å². The Bertz CT molecular complexity index is 1300. The molecule has 0 aliphatic carbocycles. The molecule has 1 heterocycles. The standard InChI is InChI=1S/C25H22BrNO3/c1-5-21-15(3)25(29-16(4)28)20-13-18(12-14(2)24(20)27-21)30-22-11-10-17-8-6-7-9-19(17)23(22)26/h6-13H,5H2,1-4H3. The molecule has 152 valence electrons. The topological polar surface area (TPSA) is 48.4 Å². The van der Waals surface area contributed by atoms with Crippen LogP contribution in [0.1, 0.15) is 30.7 Å². The van der Waals surface area contributed by atoms with E-state index in [4.69, 9.17) is 14.5 Å². The van der Waals surface area contributed by atoms with E-state index >= 15 is 0 Å². The van der Waals surface area contributed by atoms with Gasteiger partial charge in [-0.1, -0.05) is 37.3 Å². The minimum Gasteiger partial charge on any atom is -0.456 e. The number of rotatable bonds is 4. The van der Waals surface area contributed by atoms with Crippen LogP contribution >= 0.6 is 15.9 Å². The summed E-state index contributed by atoms with van der Waals surface area (Å²) in [6, 6.07) is 16.0. The predicted octanol–water partition coefficient (Wildman–Crippen LogP) is 7.05. The third-order valence-electron chi connectivity index (χ3n) is 5.18. The zero-order chi connectivity index (χ0) is 21.4. The number of nitrogens with zero attached hydrogens (tertiary/aromatic N) is 1. The Morgan fingerprint density at radius 1 is 1.07 bits per heavy atom. The molecule has 30 heavy (non-hydrogen) atoms. The van der Waals surface area contributed by atoms with Crippen molar-refractivity contribution in [1.82, 2.24) is 4.98 Å². The lowest BCUT2D eigenvalue weighted by atomic mass is 10.0.